The van der Waals surface area contributed by atoms with E-state index in [1.54, 1.807) is 11.3 Å². The first-order chi connectivity index (χ1) is 11.4. The molecule has 2 aromatic carbocycles. The predicted octanol–water partition coefficient (Wildman–Crippen LogP) is 4.26. The first-order valence-corrected chi connectivity index (χ1v) is 8.62. The second-order valence-electron chi connectivity index (χ2n) is 6.60. The van der Waals surface area contributed by atoms with Gasteiger partial charge in [-0.25, -0.2) is 4.98 Å². The largest absolute Gasteiger partial charge is 0.484 e. The Morgan fingerprint density at radius 3 is 2.50 bits per heavy atom. The van der Waals surface area contributed by atoms with Gasteiger partial charge in [0.15, 0.2) is 6.61 Å². The van der Waals surface area contributed by atoms with Crippen LogP contribution in [0.5, 0.6) is 5.75 Å². The van der Waals surface area contributed by atoms with Gasteiger partial charge in [0.05, 0.1) is 10.2 Å². The molecule has 1 heterocycles. The second-order valence-corrected chi connectivity index (χ2v) is 7.63. The summed E-state index contributed by atoms with van der Waals surface area (Å²) in [5, 5.41) is 3.85. The zero-order valence-electron chi connectivity index (χ0n) is 14.0. The van der Waals surface area contributed by atoms with E-state index >= 15 is 0 Å². The fraction of sp³-hybridized carbons (Fsp3) is 0.263. The van der Waals surface area contributed by atoms with E-state index in [4.69, 9.17) is 4.74 Å². The van der Waals surface area contributed by atoms with Crippen LogP contribution in [0, 0.1) is 0 Å². The Labute approximate surface area is 145 Å². The summed E-state index contributed by atoms with van der Waals surface area (Å²) < 4.78 is 6.71. The quantitative estimate of drug-likeness (QED) is 0.772. The number of nitrogens with one attached hydrogen (secondary N) is 1. The highest BCUT2D eigenvalue weighted by atomic mass is 32.1. The molecule has 0 atom stereocenters. The van der Waals surface area contributed by atoms with Crippen LogP contribution in [-0.2, 0) is 4.79 Å². The van der Waals surface area contributed by atoms with Gasteiger partial charge in [0, 0.05) is 11.1 Å². The fourth-order valence-electron chi connectivity index (χ4n) is 2.29. The van der Waals surface area contributed by atoms with E-state index in [2.05, 4.69) is 16.4 Å². The van der Waals surface area contributed by atoms with Crippen molar-refractivity contribution in [2.45, 2.75) is 26.3 Å². The topological polar surface area (TPSA) is 51.2 Å². The minimum Gasteiger partial charge on any atom is -0.484 e. The third kappa shape index (κ3) is 4.11. The van der Waals surface area contributed by atoms with Gasteiger partial charge in [0.2, 0.25) is 0 Å². The standard InChI is InChI=1S/C19H20N2O2S/c1-19(2,3)21-17(22)12-23-14-10-8-13(9-11-14)18-20-15-6-4-5-7-16(15)24-18/h4-11H,12H2,1-3H3,(H,21,22). The lowest BCUT2D eigenvalue weighted by Gasteiger charge is -2.20. The van der Waals surface area contributed by atoms with Crippen LogP contribution in [-0.4, -0.2) is 23.0 Å². The van der Waals surface area contributed by atoms with Gasteiger partial charge in [0.1, 0.15) is 10.8 Å². The van der Waals surface area contributed by atoms with E-state index in [0.29, 0.717) is 5.75 Å². The Morgan fingerprint density at radius 2 is 1.83 bits per heavy atom. The van der Waals surface area contributed by atoms with Crippen molar-refractivity contribution in [1.82, 2.24) is 10.3 Å². The maximum Gasteiger partial charge on any atom is 0.258 e. The van der Waals surface area contributed by atoms with Crippen molar-refractivity contribution in [2.24, 2.45) is 0 Å². The van der Waals surface area contributed by atoms with Crippen molar-refractivity contribution >= 4 is 27.5 Å². The molecule has 24 heavy (non-hydrogen) atoms. The van der Waals surface area contributed by atoms with E-state index in [-0.39, 0.29) is 18.1 Å². The lowest BCUT2D eigenvalue weighted by molar-refractivity contribution is -0.124. The molecule has 3 aromatic rings. The summed E-state index contributed by atoms with van der Waals surface area (Å²) in [6.45, 7) is 5.84. The monoisotopic (exact) mass is 340 g/mol. The molecule has 0 bridgehead atoms. The van der Waals surface area contributed by atoms with Crippen LogP contribution < -0.4 is 10.1 Å². The van der Waals surface area contributed by atoms with Crippen LogP contribution in [0.15, 0.2) is 48.5 Å². The average molecular weight is 340 g/mol. The number of carbonyl (C=O) groups excluding carboxylic acids is 1. The molecule has 0 saturated heterocycles. The number of thiazole rings is 1. The summed E-state index contributed by atoms with van der Waals surface area (Å²) in [6.07, 6.45) is 0. The number of amides is 1. The highest BCUT2D eigenvalue weighted by Gasteiger charge is 2.14. The van der Waals surface area contributed by atoms with Gasteiger partial charge in [-0.15, -0.1) is 11.3 Å². The van der Waals surface area contributed by atoms with E-state index in [9.17, 15) is 4.79 Å². The molecule has 5 heteroatoms. The zero-order chi connectivity index (χ0) is 17.2. The highest BCUT2D eigenvalue weighted by molar-refractivity contribution is 7.21. The van der Waals surface area contributed by atoms with Crippen LogP contribution in [0.25, 0.3) is 20.8 Å². The number of hydrogen-bond donors (Lipinski definition) is 1. The molecule has 1 aromatic heterocycles. The minimum absolute atomic E-state index is 0.0117. The van der Waals surface area contributed by atoms with Crippen molar-refractivity contribution in [2.75, 3.05) is 6.61 Å². The molecular weight excluding hydrogens is 320 g/mol. The van der Waals surface area contributed by atoms with Gasteiger partial charge in [-0.1, -0.05) is 12.1 Å². The number of ether oxygens (including phenoxy) is 1. The smallest absolute Gasteiger partial charge is 0.258 e. The molecule has 0 aliphatic carbocycles. The number of aromatic nitrogens is 1. The molecule has 124 valence electrons. The molecule has 0 radical (unpaired) electrons. The maximum absolute atomic E-state index is 11.8. The fourth-order valence-corrected chi connectivity index (χ4v) is 3.26. The van der Waals surface area contributed by atoms with Gasteiger partial charge in [-0.05, 0) is 57.2 Å². The van der Waals surface area contributed by atoms with Gasteiger partial charge in [0.25, 0.3) is 5.91 Å². The third-order valence-corrected chi connectivity index (χ3v) is 4.36. The van der Waals surface area contributed by atoms with E-state index < -0.39 is 0 Å². The maximum atomic E-state index is 11.8. The van der Waals surface area contributed by atoms with E-state index in [0.717, 1.165) is 16.1 Å². The Morgan fingerprint density at radius 1 is 1.12 bits per heavy atom. The number of fused-ring (bicyclic) bond motifs is 1. The molecule has 0 aliphatic heterocycles. The molecular formula is C19H20N2O2S. The van der Waals surface area contributed by atoms with E-state index in [1.807, 2.05) is 63.2 Å². The molecule has 0 fully saturated rings. The first-order valence-electron chi connectivity index (χ1n) is 7.80. The summed E-state index contributed by atoms with van der Waals surface area (Å²) in [7, 11) is 0. The Balaban J connectivity index is 1.66. The number of nitrogens with zero attached hydrogens (tertiary/aromatic N) is 1. The van der Waals surface area contributed by atoms with Crippen molar-refractivity contribution < 1.29 is 9.53 Å². The van der Waals surface area contributed by atoms with Crippen LogP contribution in [0.1, 0.15) is 20.8 Å². The van der Waals surface area contributed by atoms with Crippen LogP contribution in [0.3, 0.4) is 0 Å². The van der Waals surface area contributed by atoms with E-state index in [1.165, 1.54) is 4.70 Å². The molecule has 0 aliphatic rings. The van der Waals surface area contributed by atoms with Gasteiger partial charge in [-0.3, -0.25) is 4.79 Å². The molecule has 1 amide bonds. The summed E-state index contributed by atoms with van der Waals surface area (Å²) in [4.78, 5) is 16.4. The van der Waals surface area contributed by atoms with Crippen molar-refractivity contribution in [3.05, 3.63) is 48.5 Å². The Kier molecular flexibility index (Phi) is 4.53. The first kappa shape index (κ1) is 16.5. The van der Waals surface area contributed by atoms with Crippen molar-refractivity contribution in [3.8, 4) is 16.3 Å². The number of para-hydroxylation sites is 1. The number of carbonyl (C=O) groups is 1. The second kappa shape index (κ2) is 6.61. The van der Waals surface area contributed by atoms with Crippen molar-refractivity contribution in [1.29, 1.82) is 0 Å². The average Bonchev–Trinajstić information content (AvgIpc) is 2.96. The number of benzene rings is 2. The van der Waals surface area contributed by atoms with Gasteiger partial charge >= 0.3 is 0 Å². The summed E-state index contributed by atoms with van der Waals surface area (Å²) in [5.74, 6) is 0.543. The molecule has 1 N–H and O–H groups in total. The SMILES string of the molecule is CC(C)(C)NC(=O)COc1ccc(-c2nc3ccccc3s2)cc1. The van der Waals surface area contributed by atoms with Crippen molar-refractivity contribution in [3.63, 3.8) is 0 Å². The van der Waals surface area contributed by atoms with Crippen LogP contribution >= 0.6 is 11.3 Å². The summed E-state index contributed by atoms with van der Waals surface area (Å²) in [6, 6.07) is 15.8. The normalized spacial score (nSPS) is 11.5. The predicted molar refractivity (Wildman–Crippen MR) is 98.4 cm³/mol. The molecule has 0 saturated carbocycles. The Bertz CT molecular complexity index is 815. The molecule has 3 rings (SSSR count). The minimum atomic E-state index is -0.253. The summed E-state index contributed by atoms with van der Waals surface area (Å²) in [5.41, 5.74) is 1.80. The lowest BCUT2D eigenvalue weighted by Crippen LogP contribution is -2.43. The Hall–Kier alpha value is -2.40. The lowest BCUT2D eigenvalue weighted by atomic mass is 10.1. The highest BCUT2D eigenvalue weighted by Crippen LogP contribution is 2.30. The summed E-state index contributed by atoms with van der Waals surface area (Å²) >= 11 is 1.66. The molecule has 0 spiro atoms. The zero-order valence-corrected chi connectivity index (χ0v) is 14.8. The van der Waals surface area contributed by atoms with Gasteiger partial charge < -0.3 is 10.1 Å². The molecule has 4 nitrogen and oxygen atoms in total. The van der Waals surface area contributed by atoms with Crippen LogP contribution in [0.2, 0.25) is 0 Å². The third-order valence-electron chi connectivity index (χ3n) is 3.28. The number of hydrogen-bond acceptors (Lipinski definition) is 4. The van der Waals surface area contributed by atoms with Crippen LogP contribution in [0.4, 0.5) is 0 Å². The number of rotatable bonds is 4. The van der Waals surface area contributed by atoms with Gasteiger partial charge in [-0.2, -0.15) is 0 Å². The molecule has 0 unspecified atom stereocenters.